The summed E-state index contributed by atoms with van der Waals surface area (Å²) < 4.78 is 46.3. The van der Waals surface area contributed by atoms with Crippen molar-refractivity contribution in [3.8, 4) is 5.75 Å². The van der Waals surface area contributed by atoms with Crippen molar-refractivity contribution < 1.29 is 27.5 Å². The highest BCUT2D eigenvalue weighted by atomic mass is 19.4. The zero-order chi connectivity index (χ0) is 30.6. The minimum Gasteiger partial charge on any atom is -0.494 e. The summed E-state index contributed by atoms with van der Waals surface area (Å²) in [5.74, 6) is 0.575. The van der Waals surface area contributed by atoms with Crippen LogP contribution in [0.2, 0.25) is 0 Å². The number of nitrogen functional groups attached to an aromatic ring is 1. The molecule has 3 aromatic carbocycles. The van der Waals surface area contributed by atoms with Crippen LogP contribution in [0.25, 0.3) is 0 Å². The minimum atomic E-state index is -4.58. The van der Waals surface area contributed by atoms with Gasteiger partial charge in [-0.2, -0.15) is 13.2 Å². The van der Waals surface area contributed by atoms with E-state index in [1.54, 1.807) is 29.2 Å². The topological polar surface area (TPSA) is 91.1 Å². The second kappa shape index (κ2) is 12.8. The van der Waals surface area contributed by atoms with Crippen LogP contribution in [0.4, 0.5) is 29.3 Å². The number of halogens is 3. The van der Waals surface area contributed by atoms with Crippen molar-refractivity contribution in [1.82, 2.24) is 15.1 Å². The second-order valence-electron chi connectivity index (χ2n) is 10.7. The summed E-state index contributed by atoms with van der Waals surface area (Å²) in [6.07, 6.45) is -3.06. The third-order valence-electron chi connectivity index (χ3n) is 7.56. The Balaban J connectivity index is 1.28. The normalized spacial score (nSPS) is 17.0. The van der Waals surface area contributed by atoms with Crippen molar-refractivity contribution in [1.29, 1.82) is 0 Å². The molecule has 1 unspecified atom stereocenters. The maximum atomic E-state index is 13.8. The highest BCUT2D eigenvalue weighted by Crippen LogP contribution is 2.40. The van der Waals surface area contributed by atoms with E-state index in [1.807, 2.05) is 37.4 Å². The number of urea groups is 1. The average molecular weight is 594 g/mol. The molecule has 5 rings (SSSR count). The lowest BCUT2D eigenvalue weighted by Crippen LogP contribution is -2.47. The van der Waals surface area contributed by atoms with Gasteiger partial charge in [-0.3, -0.25) is 9.69 Å². The molecule has 11 heteroatoms. The van der Waals surface area contributed by atoms with Gasteiger partial charge in [-0.25, -0.2) is 4.79 Å². The molecule has 0 spiro atoms. The average Bonchev–Trinajstić information content (AvgIpc) is 3.31. The molecule has 0 bridgehead atoms. The van der Waals surface area contributed by atoms with Gasteiger partial charge in [0, 0.05) is 18.8 Å². The second-order valence-corrected chi connectivity index (χ2v) is 10.7. The fourth-order valence-electron chi connectivity index (χ4n) is 5.39. The summed E-state index contributed by atoms with van der Waals surface area (Å²) in [5.41, 5.74) is 6.92. The summed E-state index contributed by atoms with van der Waals surface area (Å²) in [5, 5.41) is 2.84. The van der Waals surface area contributed by atoms with E-state index < -0.39 is 23.8 Å². The molecule has 0 aromatic heterocycles. The number of amides is 3. The maximum absolute atomic E-state index is 13.8. The van der Waals surface area contributed by atoms with Gasteiger partial charge in [0.25, 0.3) is 5.91 Å². The maximum Gasteiger partial charge on any atom is 0.416 e. The number of rotatable bonds is 11. The molecule has 0 radical (unpaired) electrons. The molecular weight excluding hydrogens is 559 g/mol. The quantitative estimate of drug-likeness (QED) is 0.228. The number of nitrogens with two attached hydrogens (primary N) is 1. The van der Waals surface area contributed by atoms with Crippen LogP contribution in [0, 0.1) is 0 Å². The van der Waals surface area contributed by atoms with E-state index >= 15 is 0 Å². The Morgan fingerprint density at radius 2 is 1.70 bits per heavy atom. The van der Waals surface area contributed by atoms with Gasteiger partial charge in [0.1, 0.15) is 5.75 Å². The van der Waals surface area contributed by atoms with E-state index in [0.29, 0.717) is 42.1 Å². The van der Waals surface area contributed by atoms with Crippen LogP contribution in [0.15, 0.2) is 90.1 Å². The largest absolute Gasteiger partial charge is 0.494 e. The fraction of sp³-hybridized carbons (Fsp3) is 0.312. The Labute approximate surface area is 248 Å². The predicted octanol–water partition coefficient (Wildman–Crippen LogP) is 5.45. The van der Waals surface area contributed by atoms with Gasteiger partial charge >= 0.3 is 12.2 Å². The van der Waals surface area contributed by atoms with E-state index in [9.17, 15) is 22.8 Å². The van der Waals surface area contributed by atoms with Crippen molar-refractivity contribution in [2.75, 3.05) is 50.5 Å². The monoisotopic (exact) mass is 593 g/mol. The van der Waals surface area contributed by atoms with E-state index in [4.69, 9.17) is 10.5 Å². The number of carbonyl (C=O) groups excluding carboxylic acids is 2. The Morgan fingerprint density at radius 1 is 0.977 bits per heavy atom. The molecule has 226 valence electrons. The van der Waals surface area contributed by atoms with Crippen LogP contribution < -0.4 is 20.7 Å². The lowest BCUT2D eigenvalue weighted by atomic mass is 9.95. The first-order chi connectivity index (χ1) is 20.6. The standard InChI is InChI=1S/C32H34F3N5O3/c1-38(17-7-19-43-26-10-3-2-4-11-26)16-6-18-39-21-27-28(30(39)41)29(22-12-14-24(36)15-13-22)37-31(42)40(27)25-9-5-8-23(20-25)32(33,34)35/h2-5,8-15,20,29H,6-7,16-19,21,36H2,1H3,(H,37,42). The third kappa shape index (κ3) is 6.94. The van der Waals surface area contributed by atoms with E-state index in [2.05, 4.69) is 10.2 Å². The van der Waals surface area contributed by atoms with Crippen molar-refractivity contribution in [3.63, 3.8) is 0 Å². The first-order valence-electron chi connectivity index (χ1n) is 14.1. The predicted molar refractivity (Wildman–Crippen MR) is 158 cm³/mol. The molecule has 0 fully saturated rings. The van der Waals surface area contributed by atoms with Crippen LogP contribution in [0.1, 0.15) is 30.0 Å². The molecule has 43 heavy (non-hydrogen) atoms. The van der Waals surface area contributed by atoms with Gasteiger partial charge in [0.2, 0.25) is 0 Å². The fourth-order valence-corrected chi connectivity index (χ4v) is 5.39. The molecule has 0 saturated carbocycles. The highest BCUT2D eigenvalue weighted by molar-refractivity contribution is 6.07. The number of nitrogens with zero attached hydrogens (tertiary/aromatic N) is 3. The molecule has 3 aromatic rings. The van der Waals surface area contributed by atoms with Crippen LogP contribution in [0.5, 0.6) is 5.75 Å². The van der Waals surface area contributed by atoms with Crippen LogP contribution in [-0.2, 0) is 11.0 Å². The number of para-hydroxylation sites is 1. The smallest absolute Gasteiger partial charge is 0.416 e. The first kappa shape index (κ1) is 30.0. The van der Waals surface area contributed by atoms with Crippen LogP contribution in [0.3, 0.4) is 0 Å². The van der Waals surface area contributed by atoms with Crippen molar-refractivity contribution in [2.24, 2.45) is 0 Å². The highest BCUT2D eigenvalue weighted by Gasteiger charge is 2.45. The van der Waals surface area contributed by atoms with Gasteiger partial charge in [-0.15, -0.1) is 0 Å². The number of hydrogen-bond donors (Lipinski definition) is 2. The Kier molecular flexibility index (Phi) is 8.91. The summed E-state index contributed by atoms with van der Waals surface area (Å²) in [7, 11) is 2.01. The lowest BCUT2D eigenvalue weighted by Gasteiger charge is -2.34. The number of ether oxygens (including phenoxy) is 1. The van der Waals surface area contributed by atoms with Gasteiger partial charge in [0.05, 0.1) is 41.7 Å². The Hall–Kier alpha value is -4.51. The molecule has 1 atom stereocenters. The summed E-state index contributed by atoms with van der Waals surface area (Å²) in [6, 6.07) is 19.7. The van der Waals surface area contributed by atoms with E-state index in [1.165, 1.54) is 17.0 Å². The molecule has 8 nitrogen and oxygen atoms in total. The molecule has 0 aliphatic carbocycles. The van der Waals surface area contributed by atoms with E-state index in [0.717, 1.165) is 37.4 Å². The SMILES string of the molecule is CN(CCCOc1ccccc1)CCCN1CC2=C(C1=O)C(c1ccc(N)cc1)NC(=O)N2c1cccc(C(F)(F)F)c1. The molecule has 2 heterocycles. The number of anilines is 2. The van der Waals surface area contributed by atoms with Gasteiger partial charge in [-0.1, -0.05) is 36.4 Å². The third-order valence-corrected chi connectivity index (χ3v) is 7.56. The summed E-state index contributed by atoms with van der Waals surface area (Å²) >= 11 is 0. The first-order valence-corrected chi connectivity index (χ1v) is 14.1. The van der Waals surface area contributed by atoms with Crippen LogP contribution in [-0.4, -0.2) is 61.6 Å². The molecule has 2 aliphatic rings. The Bertz CT molecular complexity index is 1480. The van der Waals surface area contributed by atoms with Crippen molar-refractivity contribution >= 4 is 23.3 Å². The molecule has 3 amide bonds. The summed E-state index contributed by atoms with van der Waals surface area (Å²) in [6.45, 7) is 2.68. The number of alkyl halides is 3. The van der Waals surface area contributed by atoms with E-state index in [-0.39, 0.29) is 18.1 Å². The Morgan fingerprint density at radius 3 is 2.42 bits per heavy atom. The van der Waals surface area contributed by atoms with Crippen molar-refractivity contribution in [2.45, 2.75) is 25.1 Å². The number of hydrogen-bond acceptors (Lipinski definition) is 5. The molecule has 3 N–H and O–H groups in total. The molecular formula is C32H34F3N5O3. The van der Waals surface area contributed by atoms with Gasteiger partial charge in [0.15, 0.2) is 0 Å². The molecule has 0 saturated heterocycles. The zero-order valence-electron chi connectivity index (χ0n) is 23.8. The lowest BCUT2D eigenvalue weighted by molar-refractivity contribution is -0.137. The van der Waals surface area contributed by atoms with Crippen LogP contribution >= 0.6 is 0 Å². The minimum absolute atomic E-state index is 0.0442. The van der Waals surface area contributed by atoms with Crippen molar-refractivity contribution in [3.05, 3.63) is 101 Å². The zero-order valence-corrected chi connectivity index (χ0v) is 23.8. The van der Waals surface area contributed by atoms with Gasteiger partial charge < -0.3 is 25.6 Å². The molecule has 2 aliphatic heterocycles. The number of benzene rings is 3. The number of nitrogens with one attached hydrogen (secondary N) is 1. The summed E-state index contributed by atoms with van der Waals surface area (Å²) in [4.78, 5) is 32.2. The number of carbonyl (C=O) groups is 2. The van der Waals surface area contributed by atoms with Gasteiger partial charge in [-0.05, 0) is 74.5 Å².